The summed E-state index contributed by atoms with van der Waals surface area (Å²) in [6.07, 6.45) is 9.20. The molecule has 2 fully saturated rings. The number of hydrogen-bond donors (Lipinski definition) is 1. The van der Waals surface area contributed by atoms with E-state index in [-0.39, 0.29) is 5.91 Å². The topological polar surface area (TPSA) is 45.2 Å². The highest BCUT2D eigenvalue weighted by Crippen LogP contribution is 2.66. The van der Waals surface area contributed by atoms with Gasteiger partial charge in [-0.1, -0.05) is 43.3 Å². The molecular formula is C24H29N3O. The maximum Gasteiger partial charge on any atom is 0.244 e. The van der Waals surface area contributed by atoms with Crippen LogP contribution < -0.4 is 5.32 Å². The van der Waals surface area contributed by atoms with Crippen molar-refractivity contribution in [3.8, 4) is 0 Å². The van der Waals surface area contributed by atoms with Crippen LogP contribution in [-0.2, 0) is 11.3 Å². The van der Waals surface area contributed by atoms with Gasteiger partial charge in [-0.05, 0) is 53.4 Å². The van der Waals surface area contributed by atoms with Crippen LogP contribution >= 0.6 is 0 Å². The number of aromatic nitrogens is 1. The largest absolute Gasteiger partial charge is 0.353 e. The van der Waals surface area contributed by atoms with Crippen LogP contribution in [0.15, 0.2) is 60.9 Å². The summed E-state index contributed by atoms with van der Waals surface area (Å²) in [5, 5.41) is 3.06. The average molecular weight is 376 g/mol. The van der Waals surface area contributed by atoms with Gasteiger partial charge >= 0.3 is 0 Å². The summed E-state index contributed by atoms with van der Waals surface area (Å²) in [5.74, 6) is 1.57. The molecule has 2 aliphatic rings. The molecule has 4 nitrogen and oxygen atoms in total. The van der Waals surface area contributed by atoms with Crippen molar-refractivity contribution in [3.63, 3.8) is 0 Å². The van der Waals surface area contributed by atoms with Gasteiger partial charge in [-0.3, -0.25) is 14.7 Å². The van der Waals surface area contributed by atoms with Gasteiger partial charge in [-0.15, -0.1) is 0 Å². The number of carbonyl (C=O) groups excluding carboxylic acids is 1. The van der Waals surface area contributed by atoms with Gasteiger partial charge in [0.1, 0.15) is 0 Å². The average Bonchev–Trinajstić information content (AvgIpc) is 3.08. The molecule has 1 amide bonds. The zero-order valence-electron chi connectivity index (χ0n) is 16.6. The second-order valence-corrected chi connectivity index (χ2v) is 8.14. The van der Waals surface area contributed by atoms with E-state index in [1.54, 1.807) is 18.5 Å². The summed E-state index contributed by atoms with van der Waals surface area (Å²) in [5.41, 5.74) is 2.78. The van der Waals surface area contributed by atoms with E-state index in [2.05, 4.69) is 52.5 Å². The van der Waals surface area contributed by atoms with Gasteiger partial charge in [0.05, 0.1) is 0 Å². The number of likely N-dealkylation sites (tertiary alicyclic amines) is 1. The highest BCUT2D eigenvalue weighted by atomic mass is 16.1. The van der Waals surface area contributed by atoms with Crippen LogP contribution in [-0.4, -0.2) is 35.4 Å². The Kier molecular flexibility index (Phi) is 5.58. The fourth-order valence-electron chi connectivity index (χ4n) is 5.09. The minimum atomic E-state index is -0.0216. The number of fused-ring (bicyclic) bond motifs is 1. The molecule has 3 atom stereocenters. The van der Waals surface area contributed by atoms with E-state index in [1.807, 2.05) is 18.2 Å². The van der Waals surface area contributed by atoms with Gasteiger partial charge in [0.25, 0.3) is 0 Å². The number of nitrogens with zero attached hydrogens (tertiary/aromatic N) is 2. The molecule has 1 unspecified atom stereocenters. The number of amides is 1. The number of rotatable bonds is 8. The van der Waals surface area contributed by atoms with Gasteiger partial charge < -0.3 is 5.32 Å². The monoisotopic (exact) mass is 375 g/mol. The zero-order valence-corrected chi connectivity index (χ0v) is 16.6. The molecule has 28 heavy (non-hydrogen) atoms. The van der Waals surface area contributed by atoms with Gasteiger partial charge in [0.15, 0.2) is 0 Å². The van der Waals surface area contributed by atoms with Crippen molar-refractivity contribution >= 4 is 12.0 Å². The van der Waals surface area contributed by atoms with E-state index >= 15 is 0 Å². The molecule has 2 heterocycles. The third kappa shape index (κ3) is 4.02. The molecule has 2 aromatic rings. The minimum absolute atomic E-state index is 0.0216. The van der Waals surface area contributed by atoms with E-state index in [4.69, 9.17) is 0 Å². The molecule has 1 aliphatic heterocycles. The highest BCUT2D eigenvalue weighted by molar-refractivity contribution is 5.91. The van der Waals surface area contributed by atoms with E-state index in [9.17, 15) is 4.79 Å². The third-order valence-electron chi connectivity index (χ3n) is 6.67. The first-order valence-corrected chi connectivity index (χ1v) is 10.3. The molecule has 0 spiro atoms. The first-order valence-electron chi connectivity index (χ1n) is 10.3. The van der Waals surface area contributed by atoms with Crippen LogP contribution in [0.1, 0.15) is 30.9 Å². The molecule has 1 N–H and O–H groups in total. The van der Waals surface area contributed by atoms with Crippen LogP contribution in [0.25, 0.3) is 6.08 Å². The lowest BCUT2D eigenvalue weighted by molar-refractivity contribution is -0.116. The Labute approximate surface area is 167 Å². The van der Waals surface area contributed by atoms with E-state index in [1.165, 1.54) is 25.1 Å². The molecule has 0 radical (unpaired) electrons. The van der Waals surface area contributed by atoms with Gasteiger partial charge in [0, 0.05) is 44.6 Å². The summed E-state index contributed by atoms with van der Waals surface area (Å²) in [6, 6.07) is 14.6. The van der Waals surface area contributed by atoms with Crippen LogP contribution in [0.2, 0.25) is 0 Å². The molecule has 1 aromatic carbocycles. The Balaban J connectivity index is 1.22. The van der Waals surface area contributed by atoms with Gasteiger partial charge in [-0.2, -0.15) is 0 Å². The standard InChI is InChI=1S/C24H29N3O/c1-2-24(12-14-26-23(28)11-10-19-9-6-13-25-15-19)21-17-27(18-22(21)24)16-20-7-4-3-5-8-20/h3-11,13,15,21-22H,2,12,14,16-18H2,1H3,(H,26,28)/b11-10+/t21-,22+,24?. The summed E-state index contributed by atoms with van der Waals surface area (Å²) in [6.45, 7) is 6.52. The number of benzene rings is 1. The molecule has 4 heteroatoms. The SMILES string of the molecule is CCC1(CCNC(=O)/C=C/c2cccnc2)[C@@H]2CN(Cc3ccccc3)C[C@@H]21. The molecular weight excluding hydrogens is 346 g/mol. The number of pyridine rings is 1. The molecule has 1 saturated heterocycles. The van der Waals surface area contributed by atoms with Crippen LogP contribution in [0.5, 0.6) is 0 Å². The molecule has 1 aromatic heterocycles. The van der Waals surface area contributed by atoms with Gasteiger partial charge in [0.2, 0.25) is 5.91 Å². The predicted octanol–water partition coefficient (Wildman–Crippen LogP) is 3.76. The Morgan fingerprint density at radius 3 is 2.68 bits per heavy atom. The molecule has 1 aliphatic carbocycles. The van der Waals surface area contributed by atoms with Crippen LogP contribution in [0.3, 0.4) is 0 Å². The van der Waals surface area contributed by atoms with E-state index in [0.717, 1.165) is 36.9 Å². The first-order chi connectivity index (χ1) is 13.7. The Morgan fingerprint density at radius 2 is 2.00 bits per heavy atom. The lowest BCUT2D eigenvalue weighted by Gasteiger charge is -2.26. The van der Waals surface area contributed by atoms with Crippen molar-refractivity contribution in [1.82, 2.24) is 15.2 Å². The van der Waals surface area contributed by atoms with Crippen molar-refractivity contribution in [2.45, 2.75) is 26.3 Å². The molecule has 146 valence electrons. The summed E-state index contributed by atoms with van der Waals surface area (Å²) in [7, 11) is 0. The highest BCUT2D eigenvalue weighted by Gasteiger charge is 2.65. The van der Waals surface area contributed by atoms with Crippen LogP contribution in [0, 0.1) is 17.3 Å². The summed E-state index contributed by atoms with van der Waals surface area (Å²) < 4.78 is 0. The quantitative estimate of drug-likeness (QED) is 0.715. The van der Waals surface area contributed by atoms with Crippen molar-refractivity contribution in [1.29, 1.82) is 0 Å². The minimum Gasteiger partial charge on any atom is -0.353 e. The first kappa shape index (κ1) is 18.9. The Hall–Kier alpha value is -2.46. The third-order valence-corrected chi connectivity index (χ3v) is 6.67. The molecule has 1 saturated carbocycles. The van der Waals surface area contributed by atoms with Crippen molar-refractivity contribution < 1.29 is 4.79 Å². The Bertz CT molecular complexity index is 806. The second kappa shape index (κ2) is 8.27. The summed E-state index contributed by atoms with van der Waals surface area (Å²) in [4.78, 5) is 18.7. The maximum atomic E-state index is 12.1. The fourth-order valence-corrected chi connectivity index (χ4v) is 5.09. The fraction of sp³-hybridized carbons (Fsp3) is 0.417. The van der Waals surface area contributed by atoms with Crippen molar-refractivity contribution in [2.75, 3.05) is 19.6 Å². The second-order valence-electron chi connectivity index (χ2n) is 8.14. The van der Waals surface area contributed by atoms with E-state index < -0.39 is 0 Å². The number of nitrogens with one attached hydrogen (secondary N) is 1. The lowest BCUT2D eigenvalue weighted by atomic mass is 9.92. The lowest BCUT2D eigenvalue weighted by Crippen LogP contribution is -2.31. The van der Waals surface area contributed by atoms with Crippen molar-refractivity contribution in [3.05, 3.63) is 72.1 Å². The van der Waals surface area contributed by atoms with Crippen molar-refractivity contribution in [2.24, 2.45) is 17.3 Å². The smallest absolute Gasteiger partial charge is 0.244 e. The molecule has 4 rings (SSSR count). The predicted molar refractivity (Wildman–Crippen MR) is 112 cm³/mol. The van der Waals surface area contributed by atoms with Crippen LogP contribution in [0.4, 0.5) is 0 Å². The summed E-state index contributed by atoms with van der Waals surface area (Å²) >= 11 is 0. The van der Waals surface area contributed by atoms with E-state index in [0.29, 0.717) is 5.41 Å². The number of hydrogen-bond acceptors (Lipinski definition) is 3. The Morgan fingerprint density at radius 1 is 1.21 bits per heavy atom. The van der Waals surface area contributed by atoms with Gasteiger partial charge in [-0.25, -0.2) is 0 Å². The zero-order chi connectivity index (χ0) is 19.4. The number of carbonyl (C=O) groups is 1. The molecule has 0 bridgehead atoms. The normalized spacial score (nSPS) is 26.3. The maximum absolute atomic E-state index is 12.1. The number of piperidine rings is 1.